The monoisotopic (exact) mass is 533 g/mol. The molecule has 2 N–H and O–H groups in total. The molecular formula is C20H19F3IN3OS. The Kier molecular flexibility index (Phi) is 5.49. The summed E-state index contributed by atoms with van der Waals surface area (Å²) < 4.78 is 50.5. The molecule has 4 nitrogen and oxygen atoms in total. The minimum Gasteiger partial charge on any atom is -0.377 e. The highest BCUT2D eigenvalue weighted by atomic mass is 127. The smallest absolute Gasteiger partial charge is 0.297 e. The maximum atomic E-state index is 14.9. The van der Waals surface area contributed by atoms with Crippen LogP contribution in [0.3, 0.4) is 0 Å². The van der Waals surface area contributed by atoms with E-state index in [2.05, 4.69) is 44.3 Å². The average Bonchev–Trinajstić information content (AvgIpc) is 2.99. The first kappa shape index (κ1) is 20.8. The van der Waals surface area contributed by atoms with Crippen LogP contribution in [0.2, 0.25) is 0 Å². The summed E-state index contributed by atoms with van der Waals surface area (Å²) in [7, 11) is 0. The van der Waals surface area contributed by atoms with Gasteiger partial charge in [-0.05, 0) is 72.2 Å². The maximum Gasteiger partial charge on any atom is 0.297 e. The van der Waals surface area contributed by atoms with Crippen molar-refractivity contribution in [1.29, 1.82) is 0 Å². The van der Waals surface area contributed by atoms with Gasteiger partial charge in [0.15, 0.2) is 0 Å². The Bertz CT molecular complexity index is 974. The summed E-state index contributed by atoms with van der Waals surface area (Å²) in [6.07, 6.45) is 3.51. The van der Waals surface area contributed by atoms with Gasteiger partial charge in [-0.15, -0.1) is 0 Å². The third-order valence-corrected chi connectivity index (χ3v) is 6.29. The molecule has 1 aromatic carbocycles. The first-order valence-electron chi connectivity index (χ1n) is 9.17. The molecule has 154 valence electrons. The van der Waals surface area contributed by atoms with Crippen molar-refractivity contribution < 1.29 is 17.9 Å². The number of aryl methyl sites for hydroxylation is 1. The fraction of sp³-hybridized carbons (Fsp3) is 0.400. The van der Waals surface area contributed by atoms with Crippen molar-refractivity contribution in [3.05, 3.63) is 56.7 Å². The van der Waals surface area contributed by atoms with Crippen LogP contribution < -0.4 is 10.6 Å². The molecule has 2 heterocycles. The molecule has 29 heavy (non-hydrogen) atoms. The quantitative estimate of drug-likeness (QED) is 0.442. The molecule has 0 bridgehead atoms. The van der Waals surface area contributed by atoms with Gasteiger partial charge in [0.05, 0.1) is 18.3 Å². The third kappa shape index (κ3) is 3.84. The lowest BCUT2D eigenvalue weighted by Gasteiger charge is -2.37. The summed E-state index contributed by atoms with van der Waals surface area (Å²) in [6, 6.07) is 6.22. The third-order valence-electron chi connectivity index (χ3n) is 5.48. The Morgan fingerprint density at radius 2 is 2.14 bits per heavy atom. The number of benzene rings is 1. The van der Waals surface area contributed by atoms with Crippen LogP contribution in [0.5, 0.6) is 0 Å². The van der Waals surface area contributed by atoms with Gasteiger partial charge in [0.2, 0.25) is 0 Å². The molecule has 1 saturated heterocycles. The molecule has 2 atom stereocenters. The van der Waals surface area contributed by atoms with Crippen LogP contribution in [-0.4, -0.2) is 29.1 Å². The fourth-order valence-corrected chi connectivity index (χ4v) is 4.67. The number of rotatable bonds is 3. The number of hydrogen-bond acceptors (Lipinski definition) is 4. The van der Waals surface area contributed by atoms with Crippen LogP contribution in [0, 0.1) is 9.39 Å². The summed E-state index contributed by atoms with van der Waals surface area (Å²) in [5, 5.41) is 5.95. The van der Waals surface area contributed by atoms with Gasteiger partial charge < -0.3 is 15.4 Å². The van der Waals surface area contributed by atoms with Crippen molar-refractivity contribution in [3.8, 4) is 0 Å². The predicted octanol–water partition coefficient (Wildman–Crippen LogP) is 4.72. The van der Waals surface area contributed by atoms with Gasteiger partial charge in [0, 0.05) is 21.0 Å². The lowest BCUT2D eigenvalue weighted by atomic mass is 9.85. The highest BCUT2D eigenvalue weighted by molar-refractivity contribution is 14.1. The summed E-state index contributed by atoms with van der Waals surface area (Å²) in [4.78, 5) is 4.63. The summed E-state index contributed by atoms with van der Waals surface area (Å²) in [5.74, 6) is -4.08. The highest BCUT2D eigenvalue weighted by Gasteiger charge is 2.54. The van der Waals surface area contributed by atoms with Gasteiger partial charge in [0.25, 0.3) is 5.92 Å². The molecule has 2 aromatic rings. The largest absolute Gasteiger partial charge is 0.377 e. The Morgan fingerprint density at radius 3 is 2.93 bits per heavy atom. The van der Waals surface area contributed by atoms with Gasteiger partial charge in [-0.25, -0.2) is 13.2 Å². The zero-order valence-electron chi connectivity index (χ0n) is 15.6. The number of alkyl halides is 2. The van der Waals surface area contributed by atoms with Crippen LogP contribution in [0.25, 0.3) is 0 Å². The van der Waals surface area contributed by atoms with E-state index in [4.69, 9.17) is 17.0 Å². The molecule has 1 aliphatic heterocycles. The number of thiocarbonyl (C=S) groups is 1. The number of hydrogen-bond donors (Lipinski definition) is 2. The number of fused-ring (bicyclic) bond motifs is 1. The standard InChI is InChI=1S/C20H19F3IN3OS/c1-19(20(22,23)10-28-9-17(29)27-19)14-7-13(3-4-15(14)21)26-16-5-2-11-6-12(24)8-25-18(11)16/h3-4,6-8,16,26H,2,5,9-10H2,1H3,(H,27,29)/t16-,19+/m0/s1. The second kappa shape index (κ2) is 7.66. The molecule has 1 aliphatic carbocycles. The SMILES string of the molecule is C[C@]1(c2cc(N[C@H]3CCc4cc(I)cnc43)ccc2F)NC(=S)COCC1(F)F. The molecule has 0 saturated carbocycles. The van der Waals surface area contributed by atoms with E-state index in [1.165, 1.54) is 24.6 Å². The molecule has 0 radical (unpaired) electrons. The zero-order valence-corrected chi connectivity index (χ0v) is 18.5. The van der Waals surface area contributed by atoms with Crippen LogP contribution in [0.15, 0.2) is 30.5 Å². The summed E-state index contributed by atoms with van der Waals surface area (Å²) in [5.41, 5.74) is 0.478. The van der Waals surface area contributed by atoms with Gasteiger partial charge in [-0.1, -0.05) is 12.2 Å². The van der Waals surface area contributed by atoms with Gasteiger partial charge >= 0.3 is 0 Å². The molecule has 0 unspecified atom stereocenters. The fourth-order valence-electron chi connectivity index (χ4n) is 3.87. The van der Waals surface area contributed by atoms with E-state index in [1.807, 2.05) is 0 Å². The Hall–Kier alpha value is -1.46. The van der Waals surface area contributed by atoms with E-state index in [-0.39, 0.29) is 23.2 Å². The number of ether oxygens (including phenoxy) is 1. The molecule has 9 heteroatoms. The number of pyridine rings is 1. The van der Waals surface area contributed by atoms with E-state index < -0.39 is 23.9 Å². The zero-order chi connectivity index (χ0) is 20.8. The highest BCUT2D eigenvalue weighted by Crippen LogP contribution is 2.42. The predicted molar refractivity (Wildman–Crippen MR) is 117 cm³/mol. The first-order valence-corrected chi connectivity index (χ1v) is 10.7. The second-order valence-corrected chi connectivity index (χ2v) is 9.24. The van der Waals surface area contributed by atoms with E-state index in [0.29, 0.717) is 5.69 Å². The molecule has 2 aliphatic rings. The Morgan fingerprint density at radius 1 is 1.34 bits per heavy atom. The van der Waals surface area contributed by atoms with Gasteiger partial charge in [-0.3, -0.25) is 4.98 Å². The number of anilines is 1. The van der Waals surface area contributed by atoms with Crippen LogP contribution in [0.1, 0.15) is 36.2 Å². The van der Waals surface area contributed by atoms with E-state index in [9.17, 15) is 13.2 Å². The normalized spacial score (nSPS) is 25.8. The summed E-state index contributed by atoms with van der Waals surface area (Å²) in [6.45, 7) is 0.292. The topological polar surface area (TPSA) is 46.2 Å². The minimum absolute atomic E-state index is 0.0554. The van der Waals surface area contributed by atoms with Gasteiger partial charge in [0.1, 0.15) is 23.0 Å². The molecule has 1 aromatic heterocycles. The molecular weight excluding hydrogens is 514 g/mol. The van der Waals surface area contributed by atoms with E-state index >= 15 is 0 Å². The van der Waals surface area contributed by atoms with Crippen LogP contribution in [-0.2, 0) is 16.7 Å². The minimum atomic E-state index is -3.36. The average molecular weight is 533 g/mol. The van der Waals surface area contributed by atoms with Crippen molar-refractivity contribution in [2.45, 2.75) is 37.3 Å². The summed E-state index contributed by atoms with van der Waals surface area (Å²) >= 11 is 7.30. The number of aromatic nitrogens is 1. The van der Waals surface area contributed by atoms with Gasteiger partial charge in [-0.2, -0.15) is 0 Å². The number of nitrogens with one attached hydrogen (secondary N) is 2. The number of halogens is 4. The molecule has 0 amide bonds. The molecule has 0 spiro atoms. The molecule has 4 rings (SSSR count). The molecule has 1 fully saturated rings. The van der Waals surface area contributed by atoms with Crippen molar-refractivity contribution in [2.24, 2.45) is 0 Å². The number of nitrogens with zero attached hydrogens (tertiary/aromatic N) is 1. The maximum absolute atomic E-state index is 14.9. The lowest BCUT2D eigenvalue weighted by molar-refractivity contribution is -0.120. The first-order chi connectivity index (χ1) is 13.7. The Labute approximate surface area is 185 Å². The lowest BCUT2D eigenvalue weighted by Crippen LogP contribution is -2.56. The second-order valence-electron chi connectivity index (χ2n) is 7.50. The van der Waals surface area contributed by atoms with Crippen LogP contribution in [0.4, 0.5) is 18.9 Å². The van der Waals surface area contributed by atoms with E-state index in [0.717, 1.165) is 22.1 Å². The van der Waals surface area contributed by atoms with Crippen molar-refractivity contribution in [3.63, 3.8) is 0 Å². The van der Waals surface area contributed by atoms with Crippen molar-refractivity contribution in [2.75, 3.05) is 18.5 Å². The van der Waals surface area contributed by atoms with E-state index in [1.54, 1.807) is 12.3 Å². The van der Waals surface area contributed by atoms with Crippen molar-refractivity contribution in [1.82, 2.24) is 10.3 Å². The van der Waals surface area contributed by atoms with Crippen molar-refractivity contribution >= 4 is 45.5 Å². The van der Waals surface area contributed by atoms with Crippen LogP contribution >= 0.6 is 34.8 Å². The Balaban J connectivity index is 1.68.